The average Bonchev–Trinajstić information content (AvgIpc) is 2.82. The quantitative estimate of drug-likeness (QED) is 0.840. The maximum absolute atomic E-state index is 12.2. The number of hydrogen-bond donors (Lipinski definition) is 2. The molecule has 5 nitrogen and oxygen atoms in total. The lowest BCUT2D eigenvalue weighted by Crippen LogP contribution is -2.40. The van der Waals surface area contributed by atoms with Gasteiger partial charge in [-0.15, -0.1) is 11.3 Å². The first-order valence-electron chi connectivity index (χ1n) is 5.69. The Kier molecular flexibility index (Phi) is 3.41. The summed E-state index contributed by atoms with van der Waals surface area (Å²) >= 11 is 1.36. The molecule has 2 N–H and O–H groups in total. The number of aliphatic hydroxyl groups is 1. The van der Waals surface area contributed by atoms with Crippen LogP contribution < -0.4 is 0 Å². The van der Waals surface area contributed by atoms with Crippen LogP contribution in [0.5, 0.6) is 0 Å². The first kappa shape index (κ1) is 13.0. The predicted octanol–water partition coefficient (Wildman–Crippen LogP) is 1.02. The lowest BCUT2D eigenvalue weighted by molar-refractivity contribution is -0.141. The highest BCUT2D eigenvalue weighted by Crippen LogP contribution is 2.26. The number of carboxylic acid groups (broad SMARTS) is 1. The molecular formula is C12H15NO4S. The monoisotopic (exact) mass is 269 g/mol. The fourth-order valence-electron chi connectivity index (χ4n) is 2.09. The summed E-state index contributed by atoms with van der Waals surface area (Å²) in [7, 11) is 0. The summed E-state index contributed by atoms with van der Waals surface area (Å²) in [5.74, 6) is -1.37. The van der Waals surface area contributed by atoms with Gasteiger partial charge in [-0.3, -0.25) is 4.79 Å². The molecule has 0 spiro atoms. The van der Waals surface area contributed by atoms with Crippen LogP contribution in [0, 0.1) is 13.8 Å². The van der Waals surface area contributed by atoms with Crippen LogP contribution in [-0.2, 0) is 4.79 Å². The highest BCUT2D eigenvalue weighted by molar-refractivity contribution is 7.14. The van der Waals surface area contributed by atoms with E-state index in [1.807, 2.05) is 13.8 Å². The number of carboxylic acids is 1. The maximum atomic E-state index is 12.2. The molecule has 98 valence electrons. The molecule has 1 aromatic rings. The second kappa shape index (κ2) is 4.70. The van der Waals surface area contributed by atoms with E-state index in [9.17, 15) is 14.7 Å². The second-order valence-corrected chi connectivity index (χ2v) is 5.81. The van der Waals surface area contributed by atoms with E-state index in [0.29, 0.717) is 4.88 Å². The molecular weight excluding hydrogens is 254 g/mol. The van der Waals surface area contributed by atoms with Crippen LogP contribution in [0.15, 0.2) is 6.07 Å². The van der Waals surface area contributed by atoms with E-state index >= 15 is 0 Å². The SMILES string of the molecule is Cc1cc(C(=O)N2C[C@H](O)C[C@H]2C(=O)O)sc1C. The largest absolute Gasteiger partial charge is 0.480 e. The third-order valence-electron chi connectivity index (χ3n) is 3.20. The predicted molar refractivity (Wildman–Crippen MR) is 66.9 cm³/mol. The van der Waals surface area contributed by atoms with Gasteiger partial charge in [-0.1, -0.05) is 0 Å². The molecule has 18 heavy (non-hydrogen) atoms. The van der Waals surface area contributed by atoms with Crippen LogP contribution in [0.1, 0.15) is 26.5 Å². The van der Waals surface area contributed by atoms with E-state index in [-0.39, 0.29) is 18.9 Å². The van der Waals surface area contributed by atoms with Gasteiger partial charge in [0.05, 0.1) is 11.0 Å². The molecule has 6 heteroatoms. The summed E-state index contributed by atoms with van der Waals surface area (Å²) in [5, 5.41) is 18.6. The van der Waals surface area contributed by atoms with Gasteiger partial charge in [-0.25, -0.2) is 4.79 Å². The van der Waals surface area contributed by atoms with E-state index in [4.69, 9.17) is 5.11 Å². The Morgan fingerprint density at radius 1 is 1.44 bits per heavy atom. The van der Waals surface area contributed by atoms with E-state index in [0.717, 1.165) is 10.4 Å². The average molecular weight is 269 g/mol. The number of carbonyl (C=O) groups is 2. The van der Waals surface area contributed by atoms with Crippen LogP contribution in [-0.4, -0.2) is 45.7 Å². The van der Waals surface area contributed by atoms with Crippen molar-refractivity contribution in [2.75, 3.05) is 6.54 Å². The molecule has 0 saturated carbocycles. The normalized spacial score (nSPS) is 23.4. The molecule has 0 unspecified atom stereocenters. The lowest BCUT2D eigenvalue weighted by atomic mass is 10.2. The third kappa shape index (κ3) is 2.26. The molecule has 2 rings (SSSR count). The Balaban J connectivity index is 2.25. The van der Waals surface area contributed by atoms with Crippen molar-refractivity contribution >= 4 is 23.2 Å². The van der Waals surface area contributed by atoms with Crippen molar-refractivity contribution < 1.29 is 19.8 Å². The minimum Gasteiger partial charge on any atom is -0.480 e. The summed E-state index contributed by atoms with van der Waals surface area (Å²) < 4.78 is 0. The number of likely N-dealkylation sites (tertiary alicyclic amines) is 1. The number of carbonyl (C=O) groups excluding carboxylic acids is 1. The molecule has 2 heterocycles. The van der Waals surface area contributed by atoms with Gasteiger partial charge in [0.1, 0.15) is 6.04 Å². The number of thiophene rings is 1. The number of aryl methyl sites for hydroxylation is 2. The van der Waals surface area contributed by atoms with Crippen LogP contribution in [0.25, 0.3) is 0 Å². The van der Waals surface area contributed by atoms with Gasteiger partial charge in [-0.05, 0) is 25.5 Å². The highest BCUT2D eigenvalue weighted by Gasteiger charge is 2.39. The molecule has 0 aromatic carbocycles. The van der Waals surface area contributed by atoms with Gasteiger partial charge < -0.3 is 15.1 Å². The van der Waals surface area contributed by atoms with Crippen LogP contribution in [0.2, 0.25) is 0 Å². The minimum absolute atomic E-state index is 0.0891. The van der Waals surface area contributed by atoms with Gasteiger partial charge in [0.15, 0.2) is 0 Å². The Hall–Kier alpha value is -1.40. The molecule has 1 aliphatic heterocycles. The van der Waals surface area contributed by atoms with E-state index in [1.165, 1.54) is 16.2 Å². The molecule has 0 aliphatic carbocycles. The molecule has 1 saturated heterocycles. The topological polar surface area (TPSA) is 77.8 Å². The van der Waals surface area contributed by atoms with Crippen LogP contribution >= 0.6 is 11.3 Å². The number of rotatable bonds is 2. The standard InChI is InChI=1S/C12H15NO4S/c1-6-3-10(18-7(6)2)11(15)13-5-8(14)4-9(13)12(16)17/h3,8-9,14H,4-5H2,1-2H3,(H,16,17)/t8-,9+/m1/s1. The maximum Gasteiger partial charge on any atom is 0.326 e. The Labute approximate surface area is 109 Å². The van der Waals surface area contributed by atoms with E-state index in [1.54, 1.807) is 6.07 Å². The molecule has 0 bridgehead atoms. The van der Waals surface area contributed by atoms with Crippen molar-refractivity contribution in [2.24, 2.45) is 0 Å². The molecule has 0 radical (unpaired) electrons. The zero-order valence-electron chi connectivity index (χ0n) is 10.2. The van der Waals surface area contributed by atoms with Crippen molar-refractivity contribution in [3.8, 4) is 0 Å². The Bertz CT molecular complexity index is 477. The number of hydrogen-bond acceptors (Lipinski definition) is 4. The molecule has 1 aromatic heterocycles. The third-order valence-corrected chi connectivity index (χ3v) is 4.34. The number of aliphatic carboxylic acids is 1. The Morgan fingerprint density at radius 2 is 2.11 bits per heavy atom. The number of amides is 1. The van der Waals surface area contributed by atoms with Crippen molar-refractivity contribution in [2.45, 2.75) is 32.4 Å². The summed E-state index contributed by atoms with van der Waals surface area (Å²) in [5.41, 5.74) is 1.02. The zero-order valence-corrected chi connectivity index (χ0v) is 11.0. The van der Waals surface area contributed by atoms with E-state index < -0.39 is 18.1 Å². The van der Waals surface area contributed by atoms with E-state index in [2.05, 4.69) is 0 Å². The van der Waals surface area contributed by atoms with Gasteiger partial charge >= 0.3 is 5.97 Å². The van der Waals surface area contributed by atoms with Crippen molar-refractivity contribution in [3.05, 3.63) is 21.4 Å². The fourth-order valence-corrected chi connectivity index (χ4v) is 3.08. The zero-order chi connectivity index (χ0) is 13.4. The minimum atomic E-state index is -1.06. The van der Waals surface area contributed by atoms with Crippen molar-refractivity contribution in [3.63, 3.8) is 0 Å². The lowest BCUT2D eigenvalue weighted by Gasteiger charge is -2.20. The summed E-state index contributed by atoms with van der Waals surface area (Å²) in [4.78, 5) is 26.1. The van der Waals surface area contributed by atoms with Crippen molar-refractivity contribution in [1.29, 1.82) is 0 Å². The first-order valence-corrected chi connectivity index (χ1v) is 6.50. The molecule has 2 atom stereocenters. The number of aliphatic hydroxyl groups excluding tert-OH is 1. The first-order chi connectivity index (χ1) is 8.40. The van der Waals surface area contributed by atoms with Gasteiger partial charge in [0.25, 0.3) is 5.91 Å². The van der Waals surface area contributed by atoms with Gasteiger partial charge in [0, 0.05) is 17.8 Å². The molecule has 1 amide bonds. The smallest absolute Gasteiger partial charge is 0.326 e. The number of nitrogens with zero attached hydrogens (tertiary/aromatic N) is 1. The number of β-amino-alcohol motifs (C(OH)–C–C–N with tert-alkyl or cyclic N) is 1. The summed E-state index contributed by atoms with van der Waals surface area (Å²) in [6, 6.07) is 0.849. The van der Waals surface area contributed by atoms with Gasteiger partial charge in [-0.2, -0.15) is 0 Å². The molecule has 1 aliphatic rings. The fraction of sp³-hybridized carbons (Fsp3) is 0.500. The second-order valence-electron chi connectivity index (χ2n) is 4.55. The Morgan fingerprint density at radius 3 is 2.61 bits per heavy atom. The van der Waals surface area contributed by atoms with Gasteiger partial charge in [0.2, 0.25) is 0 Å². The summed E-state index contributed by atoms with van der Waals surface area (Å²) in [6.07, 6.45) is -0.651. The van der Waals surface area contributed by atoms with Crippen molar-refractivity contribution in [1.82, 2.24) is 4.90 Å². The molecule has 1 fully saturated rings. The van der Waals surface area contributed by atoms with Crippen LogP contribution in [0.3, 0.4) is 0 Å². The summed E-state index contributed by atoms with van der Waals surface area (Å²) in [6.45, 7) is 3.92. The van der Waals surface area contributed by atoms with Crippen LogP contribution in [0.4, 0.5) is 0 Å². The highest BCUT2D eigenvalue weighted by atomic mass is 32.1.